The van der Waals surface area contributed by atoms with E-state index < -0.39 is 0 Å². The lowest BCUT2D eigenvalue weighted by Gasteiger charge is -2.19. The lowest BCUT2D eigenvalue weighted by Crippen LogP contribution is -2.35. The molecule has 2 aromatic heterocycles. The third-order valence-electron chi connectivity index (χ3n) is 5.83. The predicted molar refractivity (Wildman–Crippen MR) is 109 cm³/mol. The van der Waals surface area contributed by atoms with Gasteiger partial charge in [-0.3, -0.25) is 14.2 Å². The second kappa shape index (κ2) is 9.90. The number of carbonyl (C=O) groups is 1. The van der Waals surface area contributed by atoms with Gasteiger partial charge in [0, 0.05) is 19.5 Å². The molecule has 3 rings (SSSR count). The molecule has 0 atom stereocenters. The van der Waals surface area contributed by atoms with Crippen LogP contribution < -0.4 is 5.32 Å². The zero-order chi connectivity index (χ0) is 19.1. The Kier molecular flexibility index (Phi) is 7.30. The molecule has 6 nitrogen and oxygen atoms in total. The highest BCUT2D eigenvalue weighted by molar-refractivity contribution is 5.78. The summed E-state index contributed by atoms with van der Waals surface area (Å²) in [6.45, 7) is 2.60. The number of aromatic nitrogens is 4. The second-order valence-electron chi connectivity index (χ2n) is 8.08. The minimum absolute atomic E-state index is 0.150. The molecule has 0 radical (unpaired) electrons. The van der Waals surface area contributed by atoms with Crippen LogP contribution in [-0.4, -0.2) is 31.5 Å². The molecule has 0 saturated heterocycles. The Morgan fingerprint density at radius 1 is 1.07 bits per heavy atom. The van der Waals surface area contributed by atoms with Crippen LogP contribution in [0.1, 0.15) is 82.7 Å². The lowest BCUT2D eigenvalue weighted by molar-refractivity contribution is -0.122. The van der Waals surface area contributed by atoms with Crippen molar-refractivity contribution >= 4 is 16.9 Å². The molecule has 27 heavy (non-hydrogen) atoms. The van der Waals surface area contributed by atoms with Gasteiger partial charge in [0.1, 0.15) is 11.0 Å². The van der Waals surface area contributed by atoms with Gasteiger partial charge in [-0.2, -0.15) is 10.2 Å². The highest BCUT2D eigenvalue weighted by Crippen LogP contribution is 2.18. The van der Waals surface area contributed by atoms with E-state index in [-0.39, 0.29) is 5.91 Å². The fourth-order valence-corrected chi connectivity index (χ4v) is 4.30. The Morgan fingerprint density at radius 2 is 1.67 bits per heavy atom. The molecule has 2 heterocycles. The summed E-state index contributed by atoms with van der Waals surface area (Å²) in [5, 5.41) is 12.2. The van der Waals surface area contributed by atoms with Gasteiger partial charge in [-0.25, -0.2) is 0 Å². The number of rotatable bonds is 4. The van der Waals surface area contributed by atoms with Crippen molar-refractivity contribution < 1.29 is 4.79 Å². The fraction of sp³-hybridized carbons (Fsp3) is 0.762. The highest BCUT2D eigenvalue weighted by Gasteiger charge is 2.15. The molecule has 1 aliphatic rings. The molecule has 1 amide bonds. The summed E-state index contributed by atoms with van der Waals surface area (Å²) in [5.74, 6) is 0.150. The number of hydrogen-bond acceptors (Lipinski definition) is 3. The van der Waals surface area contributed by atoms with E-state index in [0.29, 0.717) is 19.0 Å². The first kappa shape index (κ1) is 19.9. The zero-order valence-electron chi connectivity index (χ0n) is 17.0. The van der Waals surface area contributed by atoms with Crippen molar-refractivity contribution in [3.05, 3.63) is 11.9 Å². The predicted octanol–water partition coefficient (Wildman–Crippen LogP) is 4.26. The van der Waals surface area contributed by atoms with E-state index in [1.54, 1.807) is 0 Å². The Morgan fingerprint density at radius 3 is 2.30 bits per heavy atom. The molecule has 1 fully saturated rings. The van der Waals surface area contributed by atoms with Crippen LogP contribution in [0.5, 0.6) is 0 Å². The Labute approximate surface area is 162 Å². The van der Waals surface area contributed by atoms with Gasteiger partial charge in [-0.15, -0.1) is 0 Å². The molecule has 1 aliphatic carbocycles. The first-order valence-corrected chi connectivity index (χ1v) is 10.8. The molecule has 1 saturated carbocycles. The van der Waals surface area contributed by atoms with Crippen molar-refractivity contribution in [3.8, 4) is 0 Å². The number of hydrogen-bond donors (Lipinski definition) is 1. The molecule has 2 aromatic rings. The minimum Gasteiger partial charge on any atom is -0.353 e. The van der Waals surface area contributed by atoms with Gasteiger partial charge in [0.05, 0.1) is 18.4 Å². The molecule has 150 valence electrons. The number of nitrogens with one attached hydrogen (secondary N) is 1. The Hall–Kier alpha value is -1.85. The topological polar surface area (TPSA) is 64.7 Å². The minimum atomic E-state index is 0.150. The van der Waals surface area contributed by atoms with Gasteiger partial charge in [0.2, 0.25) is 5.91 Å². The van der Waals surface area contributed by atoms with E-state index in [4.69, 9.17) is 0 Å². The number of carbonyl (C=O) groups excluding carboxylic acids is 1. The van der Waals surface area contributed by atoms with Crippen molar-refractivity contribution in [2.45, 2.75) is 96.6 Å². The average molecular weight is 374 g/mol. The van der Waals surface area contributed by atoms with Crippen LogP contribution >= 0.6 is 0 Å². The second-order valence-corrected chi connectivity index (χ2v) is 8.08. The maximum absolute atomic E-state index is 12.5. The molecule has 0 bridgehead atoms. The van der Waals surface area contributed by atoms with Gasteiger partial charge >= 0.3 is 0 Å². The van der Waals surface area contributed by atoms with Crippen LogP contribution in [0.4, 0.5) is 0 Å². The number of aryl methyl sites for hydroxylation is 3. The lowest BCUT2D eigenvalue weighted by atomic mass is 9.98. The maximum Gasteiger partial charge on any atom is 0.222 e. The quantitative estimate of drug-likeness (QED) is 0.871. The van der Waals surface area contributed by atoms with Crippen molar-refractivity contribution in [1.29, 1.82) is 0 Å². The molecule has 0 aromatic carbocycles. The van der Waals surface area contributed by atoms with E-state index in [1.807, 2.05) is 29.5 Å². The van der Waals surface area contributed by atoms with E-state index in [2.05, 4.69) is 15.5 Å². The Bertz CT molecular complexity index is 720. The third kappa shape index (κ3) is 5.56. The van der Waals surface area contributed by atoms with Crippen molar-refractivity contribution in [2.75, 3.05) is 0 Å². The summed E-state index contributed by atoms with van der Waals surface area (Å²) in [6, 6.07) is 0.342. The van der Waals surface area contributed by atoms with Gasteiger partial charge in [0.15, 0.2) is 0 Å². The number of fused-ring (bicyclic) bond motifs is 1. The van der Waals surface area contributed by atoms with E-state index in [9.17, 15) is 4.79 Å². The normalized spacial score (nSPS) is 18.1. The maximum atomic E-state index is 12.5. The number of nitrogens with zero attached hydrogens (tertiary/aromatic N) is 4. The number of amides is 1. The molecule has 1 N–H and O–H groups in total. The SMILES string of the molecule is Cc1nn(C)c2cnn(CCC(=O)NC3CCCCCCCCCCC3)c12. The zero-order valence-corrected chi connectivity index (χ0v) is 17.0. The first-order chi connectivity index (χ1) is 13.1. The molecule has 0 unspecified atom stereocenters. The van der Waals surface area contributed by atoms with Gasteiger partial charge < -0.3 is 5.32 Å². The van der Waals surface area contributed by atoms with E-state index in [1.165, 1.54) is 57.8 Å². The van der Waals surface area contributed by atoms with Gasteiger partial charge in [-0.05, 0) is 19.8 Å². The fourth-order valence-electron chi connectivity index (χ4n) is 4.30. The standard InChI is InChI=1S/C21H35N5O/c1-17-21-19(25(2)24-17)16-22-26(21)15-14-20(27)23-18-12-10-8-6-4-3-5-7-9-11-13-18/h16,18H,3-15H2,1-2H3,(H,23,27). The van der Waals surface area contributed by atoms with Crippen molar-refractivity contribution in [2.24, 2.45) is 7.05 Å². The highest BCUT2D eigenvalue weighted by atomic mass is 16.1. The average Bonchev–Trinajstić information content (AvgIpc) is 3.17. The van der Waals surface area contributed by atoms with Crippen LogP contribution in [0.2, 0.25) is 0 Å². The summed E-state index contributed by atoms with van der Waals surface area (Å²) >= 11 is 0. The smallest absolute Gasteiger partial charge is 0.222 e. The molecule has 0 aliphatic heterocycles. The van der Waals surface area contributed by atoms with Crippen LogP contribution in [-0.2, 0) is 18.4 Å². The van der Waals surface area contributed by atoms with Crippen LogP contribution in [0, 0.1) is 6.92 Å². The van der Waals surface area contributed by atoms with Crippen LogP contribution in [0.3, 0.4) is 0 Å². The molecular formula is C21H35N5O. The van der Waals surface area contributed by atoms with Crippen molar-refractivity contribution in [1.82, 2.24) is 24.9 Å². The van der Waals surface area contributed by atoms with Crippen LogP contribution in [0.25, 0.3) is 11.0 Å². The van der Waals surface area contributed by atoms with E-state index in [0.717, 1.165) is 29.6 Å². The summed E-state index contributed by atoms with van der Waals surface area (Å²) in [4.78, 5) is 12.5. The first-order valence-electron chi connectivity index (χ1n) is 10.8. The molecule has 6 heteroatoms. The summed E-state index contributed by atoms with van der Waals surface area (Å²) in [5.41, 5.74) is 3.02. The van der Waals surface area contributed by atoms with Crippen molar-refractivity contribution in [3.63, 3.8) is 0 Å². The summed E-state index contributed by atoms with van der Waals surface area (Å²) < 4.78 is 3.76. The van der Waals surface area contributed by atoms with E-state index >= 15 is 0 Å². The summed E-state index contributed by atoms with van der Waals surface area (Å²) in [7, 11) is 1.93. The molecular weight excluding hydrogens is 338 g/mol. The van der Waals surface area contributed by atoms with Gasteiger partial charge in [-0.1, -0.05) is 57.8 Å². The third-order valence-corrected chi connectivity index (χ3v) is 5.83. The largest absolute Gasteiger partial charge is 0.353 e. The Balaban J connectivity index is 1.50. The monoisotopic (exact) mass is 373 g/mol. The van der Waals surface area contributed by atoms with Gasteiger partial charge in [0.25, 0.3) is 0 Å². The molecule has 0 spiro atoms. The summed E-state index contributed by atoms with van der Waals surface area (Å²) in [6.07, 6.45) is 16.5. The van der Waals surface area contributed by atoms with Crippen LogP contribution in [0.15, 0.2) is 6.20 Å².